The van der Waals surface area contributed by atoms with Crippen molar-refractivity contribution in [1.82, 2.24) is 14.9 Å². The standard InChI is InChI=1S/C23H24N4S/c1-16-15-22(24-19-8-4-3-7-18(16)19)27-13-11-26(12-14-27)17(2)23-25-20-9-5-6-10-21(20)28-23/h3-10,15,17H,11-14H2,1-2H3/t17-/m0/s1. The monoisotopic (exact) mass is 388 g/mol. The Bertz CT molecular complexity index is 1090. The second-order valence-electron chi connectivity index (χ2n) is 7.53. The molecule has 1 saturated heterocycles. The first-order chi connectivity index (χ1) is 13.7. The fourth-order valence-corrected chi connectivity index (χ4v) is 5.11. The molecule has 1 aliphatic rings. The van der Waals surface area contributed by atoms with Gasteiger partial charge in [0.15, 0.2) is 0 Å². The second-order valence-corrected chi connectivity index (χ2v) is 8.60. The summed E-state index contributed by atoms with van der Waals surface area (Å²) in [5.74, 6) is 1.10. The van der Waals surface area contributed by atoms with Gasteiger partial charge in [0.2, 0.25) is 0 Å². The molecule has 0 unspecified atom stereocenters. The van der Waals surface area contributed by atoms with E-state index >= 15 is 0 Å². The Hall–Kier alpha value is -2.50. The SMILES string of the molecule is Cc1cc(N2CCN([C@@H](C)c3nc4ccccc4s3)CC2)nc2ccccc12. The summed E-state index contributed by atoms with van der Waals surface area (Å²) in [5, 5.41) is 2.46. The van der Waals surface area contributed by atoms with Gasteiger partial charge < -0.3 is 4.90 Å². The van der Waals surface area contributed by atoms with Crippen LogP contribution in [0.15, 0.2) is 54.6 Å². The Morgan fingerprint density at radius 3 is 2.39 bits per heavy atom. The molecule has 28 heavy (non-hydrogen) atoms. The molecule has 4 aromatic rings. The van der Waals surface area contributed by atoms with Gasteiger partial charge >= 0.3 is 0 Å². The molecular weight excluding hydrogens is 364 g/mol. The molecular formula is C23H24N4S. The minimum absolute atomic E-state index is 0.353. The van der Waals surface area contributed by atoms with E-state index in [2.05, 4.69) is 78.2 Å². The van der Waals surface area contributed by atoms with Crippen molar-refractivity contribution in [2.75, 3.05) is 31.1 Å². The van der Waals surface area contributed by atoms with Crippen LogP contribution in [0.3, 0.4) is 0 Å². The number of fused-ring (bicyclic) bond motifs is 2. The van der Waals surface area contributed by atoms with Gasteiger partial charge in [-0.15, -0.1) is 11.3 Å². The highest BCUT2D eigenvalue weighted by molar-refractivity contribution is 7.18. The topological polar surface area (TPSA) is 32.3 Å². The number of nitrogens with zero attached hydrogens (tertiary/aromatic N) is 4. The van der Waals surface area contributed by atoms with E-state index in [1.165, 1.54) is 20.7 Å². The first kappa shape index (κ1) is 17.6. The summed E-state index contributed by atoms with van der Waals surface area (Å²) < 4.78 is 1.28. The molecule has 142 valence electrons. The van der Waals surface area contributed by atoms with Crippen molar-refractivity contribution in [3.8, 4) is 0 Å². The molecule has 0 amide bonds. The van der Waals surface area contributed by atoms with E-state index in [1.54, 1.807) is 0 Å². The molecule has 0 spiro atoms. The van der Waals surface area contributed by atoms with Crippen molar-refractivity contribution in [2.24, 2.45) is 0 Å². The van der Waals surface area contributed by atoms with E-state index in [-0.39, 0.29) is 0 Å². The minimum atomic E-state index is 0.353. The Morgan fingerprint density at radius 2 is 1.61 bits per heavy atom. The van der Waals surface area contributed by atoms with Crippen LogP contribution in [0.25, 0.3) is 21.1 Å². The lowest BCUT2D eigenvalue weighted by Crippen LogP contribution is -2.47. The maximum Gasteiger partial charge on any atom is 0.129 e. The average Bonchev–Trinajstić information content (AvgIpc) is 3.18. The maximum atomic E-state index is 4.91. The van der Waals surface area contributed by atoms with Crippen molar-refractivity contribution in [2.45, 2.75) is 19.9 Å². The van der Waals surface area contributed by atoms with Gasteiger partial charge in [-0.25, -0.2) is 9.97 Å². The van der Waals surface area contributed by atoms with Crippen molar-refractivity contribution in [1.29, 1.82) is 0 Å². The highest BCUT2D eigenvalue weighted by Crippen LogP contribution is 2.30. The molecule has 1 aliphatic heterocycles. The van der Waals surface area contributed by atoms with Gasteiger partial charge in [0.1, 0.15) is 10.8 Å². The summed E-state index contributed by atoms with van der Waals surface area (Å²) >= 11 is 1.82. The van der Waals surface area contributed by atoms with Crippen LogP contribution in [-0.4, -0.2) is 41.0 Å². The van der Waals surface area contributed by atoms with Gasteiger partial charge in [-0.2, -0.15) is 0 Å². The number of thiazole rings is 1. The van der Waals surface area contributed by atoms with Crippen molar-refractivity contribution < 1.29 is 0 Å². The van der Waals surface area contributed by atoms with E-state index in [0.29, 0.717) is 6.04 Å². The number of rotatable bonds is 3. The zero-order valence-corrected chi connectivity index (χ0v) is 17.1. The van der Waals surface area contributed by atoms with Gasteiger partial charge in [0.05, 0.1) is 21.8 Å². The van der Waals surface area contributed by atoms with Crippen molar-refractivity contribution >= 4 is 38.3 Å². The van der Waals surface area contributed by atoms with E-state index in [1.807, 2.05) is 11.3 Å². The zero-order valence-electron chi connectivity index (χ0n) is 16.3. The number of anilines is 1. The van der Waals surface area contributed by atoms with Crippen LogP contribution in [-0.2, 0) is 0 Å². The molecule has 0 bridgehead atoms. The molecule has 2 aromatic heterocycles. The number of aryl methyl sites for hydroxylation is 1. The molecule has 2 aromatic carbocycles. The van der Waals surface area contributed by atoms with Crippen LogP contribution in [0, 0.1) is 6.92 Å². The Balaban J connectivity index is 1.32. The summed E-state index contributed by atoms with van der Waals surface area (Å²) in [6.45, 7) is 8.53. The van der Waals surface area contributed by atoms with E-state index in [0.717, 1.165) is 43.0 Å². The molecule has 0 N–H and O–H groups in total. The predicted molar refractivity (Wildman–Crippen MR) is 118 cm³/mol. The van der Waals surface area contributed by atoms with Crippen LogP contribution >= 0.6 is 11.3 Å². The molecule has 0 aliphatic carbocycles. The fourth-order valence-electron chi connectivity index (χ4n) is 4.06. The minimum Gasteiger partial charge on any atom is -0.354 e. The van der Waals surface area contributed by atoms with Gasteiger partial charge in [0.25, 0.3) is 0 Å². The highest BCUT2D eigenvalue weighted by Gasteiger charge is 2.25. The van der Waals surface area contributed by atoms with Crippen LogP contribution in [0.2, 0.25) is 0 Å². The highest BCUT2D eigenvalue weighted by atomic mass is 32.1. The normalized spacial score (nSPS) is 16.7. The number of pyridine rings is 1. The fraction of sp³-hybridized carbons (Fsp3) is 0.304. The summed E-state index contributed by atoms with van der Waals surface area (Å²) in [4.78, 5) is 14.7. The summed E-state index contributed by atoms with van der Waals surface area (Å²) in [6.07, 6.45) is 0. The maximum absolute atomic E-state index is 4.91. The summed E-state index contributed by atoms with van der Waals surface area (Å²) in [7, 11) is 0. The van der Waals surface area contributed by atoms with Crippen molar-refractivity contribution in [3.63, 3.8) is 0 Å². The molecule has 5 heteroatoms. The van der Waals surface area contributed by atoms with Gasteiger partial charge in [-0.3, -0.25) is 4.90 Å². The van der Waals surface area contributed by atoms with E-state index in [4.69, 9.17) is 9.97 Å². The number of aromatic nitrogens is 2. The largest absolute Gasteiger partial charge is 0.354 e. The number of hydrogen-bond acceptors (Lipinski definition) is 5. The third kappa shape index (κ3) is 3.15. The van der Waals surface area contributed by atoms with Crippen LogP contribution in [0.5, 0.6) is 0 Å². The number of para-hydroxylation sites is 2. The molecule has 0 radical (unpaired) electrons. The average molecular weight is 389 g/mol. The molecule has 1 fully saturated rings. The van der Waals surface area contributed by atoms with Gasteiger partial charge in [-0.1, -0.05) is 30.3 Å². The molecule has 0 saturated carbocycles. The molecule has 5 rings (SSSR count). The lowest BCUT2D eigenvalue weighted by atomic mass is 10.1. The Labute approximate surface area is 169 Å². The third-order valence-corrected chi connectivity index (χ3v) is 6.97. The Kier molecular flexibility index (Phi) is 4.49. The second kappa shape index (κ2) is 7.15. The molecule has 4 nitrogen and oxygen atoms in total. The van der Waals surface area contributed by atoms with Gasteiger partial charge in [-0.05, 0) is 43.7 Å². The molecule has 3 heterocycles. The third-order valence-electron chi connectivity index (χ3n) is 5.76. The van der Waals surface area contributed by atoms with Crippen LogP contribution in [0.4, 0.5) is 5.82 Å². The van der Waals surface area contributed by atoms with Crippen LogP contribution < -0.4 is 4.90 Å². The summed E-state index contributed by atoms with van der Waals surface area (Å²) in [5.41, 5.74) is 3.50. The first-order valence-corrected chi connectivity index (χ1v) is 10.7. The Morgan fingerprint density at radius 1 is 0.893 bits per heavy atom. The predicted octanol–water partition coefficient (Wildman–Crippen LogP) is 5.04. The van der Waals surface area contributed by atoms with Crippen LogP contribution in [0.1, 0.15) is 23.5 Å². The van der Waals surface area contributed by atoms with E-state index in [9.17, 15) is 0 Å². The number of benzene rings is 2. The van der Waals surface area contributed by atoms with Crippen molar-refractivity contribution in [3.05, 3.63) is 65.2 Å². The molecule has 1 atom stereocenters. The number of hydrogen-bond donors (Lipinski definition) is 0. The number of piperazine rings is 1. The summed E-state index contributed by atoms with van der Waals surface area (Å²) in [6, 6.07) is 19.4. The lowest BCUT2D eigenvalue weighted by Gasteiger charge is -2.38. The van der Waals surface area contributed by atoms with Gasteiger partial charge in [0, 0.05) is 31.6 Å². The quantitative estimate of drug-likeness (QED) is 0.492. The smallest absolute Gasteiger partial charge is 0.129 e. The first-order valence-electron chi connectivity index (χ1n) is 9.90. The lowest BCUT2D eigenvalue weighted by molar-refractivity contribution is 0.198. The van der Waals surface area contributed by atoms with E-state index < -0.39 is 0 Å². The zero-order chi connectivity index (χ0) is 19.1.